The number of ether oxygens (including phenoxy) is 3. The molecule has 0 bridgehead atoms. The highest BCUT2D eigenvalue weighted by atomic mass is 32.2. The van der Waals surface area contributed by atoms with E-state index in [0.717, 1.165) is 36.5 Å². The number of nitrogens with zero attached hydrogens (tertiary/aromatic N) is 3. The molecule has 0 spiro atoms. The molecule has 144 valence electrons. The molecule has 7 nitrogen and oxygen atoms in total. The van der Waals surface area contributed by atoms with Crippen LogP contribution in [0.5, 0.6) is 17.2 Å². The van der Waals surface area contributed by atoms with Crippen LogP contribution in [0.3, 0.4) is 0 Å². The van der Waals surface area contributed by atoms with E-state index in [1.165, 1.54) is 11.8 Å². The monoisotopic (exact) mass is 389 g/mol. The Morgan fingerprint density at radius 3 is 2.22 bits per heavy atom. The summed E-state index contributed by atoms with van der Waals surface area (Å²) in [5.74, 6) is 2.20. The molecule has 2 heterocycles. The second-order valence-corrected chi connectivity index (χ2v) is 7.04. The number of likely N-dealkylation sites (tertiary alicyclic amines) is 1. The maximum Gasteiger partial charge on any atom is 0.232 e. The van der Waals surface area contributed by atoms with Gasteiger partial charge in [-0.25, -0.2) is 0 Å². The summed E-state index contributed by atoms with van der Waals surface area (Å²) < 4.78 is 16.1. The van der Waals surface area contributed by atoms with Gasteiger partial charge in [0.25, 0.3) is 0 Å². The first kappa shape index (κ1) is 19.3. The van der Waals surface area contributed by atoms with Crippen LogP contribution < -0.4 is 14.2 Å². The lowest BCUT2D eigenvalue weighted by atomic mass is 10.1. The fourth-order valence-electron chi connectivity index (χ4n) is 2.97. The lowest BCUT2D eigenvalue weighted by Crippen LogP contribution is -2.29. The largest absolute Gasteiger partial charge is 0.493 e. The summed E-state index contributed by atoms with van der Waals surface area (Å²) in [5, 5.41) is 9.24. The van der Waals surface area contributed by atoms with Crippen molar-refractivity contribution in [1.29, 1.82) is 0 Å². The van der Waals surface area contributed by atoms with Crippen LogP contribution in [0.1, 0.15) is 12.8 Å². The van der Waals surface area contributed by atoms with Crippen LogP contribution >= 0.6 is 11.8 Å². The lowest BCUT2D eigenvalue weighted by molar-refractivity contribution is -0.127. The number of benzene rings is 1. The number of aromatic nitrogens is 2. The van der Waals surface area contributed by atoms with E-state index >= 15 is 0 Å². The third-order valence-corrected chi connectivity index (χ3v) is 5.31. The van der Waals surface area contributed by atoms with E-state index in [1.807, 2.05) is 29.2 Å². The van der Waals surface area contributed by atoms with E-state index < -0.39 is 0 Å². The summed E-state index contributed by atoms with van der Waals surface area (Å²) in [6, 6.07) is 7.40. The minimum absolute atomic E-state index is 0.160. The maximum atomic E-state index is 12.1. The zero-order valence-electron chi connectivity index (χ0n) is 15.7. The number of hydrogen-bond donors (Lipinski definition) is 0. The first-order valence-corrected chi connectivity index (χ1v) is 9.69. The Balaban J connectivity index is 1.72. The second-order valence-electron chi connectivity index (χ2n) is 6.05. The molecule has 1 fully saturated rings. The van der Waals surface area contributed by atoms with Crippen molar-refractivity contribution >= 4 is 17.7 Å². The van der Waals surface area contributed by atoms with Gasteiger partial charge in [-0.05, 0) is 37.1 Å². The highest BCUT2D eigenvalue weighted by molar-refractivity contribution is 7.99. The Labute approximate surface area is 163 Å². The molecule has 0 radical (unpaired) electrons. The van der Waals surface area contributed by atoms with Crippen molar-refractivity contribution in [3.63, 3.8) is 0 Å². The molecular weight excluding hydrogens is 366 g/mol. The van der Waals surface area contributed by atoms with Crippen molar-refractivity contribution in [3.8, 4) is 28.5 Å². The number of amides is 1. The van der Waals surface area contributed by atoms with Gasteiger partial charge in [-0.1, -0.05) is 11.8 Å². The van der Waals surface area contributed by atoms with Crippen LogP contribution in [0.15, 0.2) is 29.3 Å². The van der Waals surface area contributed by atoms with Gasteiger partial charge in [0.1, 0.15) is 5.03 Å². The number of thioether (sulfide) groups is 1. The molecule has 1 saturated heterocycles. The van der Waals surface area contributed by atoms with Gasteiger partial charge in [0.15, 0.2) is 11.5 Å². The predicted octanol–water partition coefficient (Wildman–Crippen LogP) is 2.88. The predicted molar refractivity (Wildman–Crippen MR) is 104 cm³/mol. The third-order valence-electron chi connectivity index (χ3n) is 4.40. The van der Waals surface area contributed by atoms with Crippen molar-refractivity contribution in [3.05, 3.63) is 24.3 Å². The van der Waals surface area contributed by atoms with Crippen LogP contribution in [0, 0.1) is 0 Å². The second kappa shape index (κ2) is 8.94. The fraction of sp³-hybridized carbons (Fsp3) is 0.421. The Bertz CT molecular complexity index is 767. The number of methoxy groups -OCH3 is 3. The summed E-state index contributed by atoms with van der Waals surface area (Å²) in [4.78, 5) is 14.0. The smallest absolute Gasteiger partial charge is 0.232 e. The Hall–Kier alpha value is -2.48. The van der Waals surface area contributed by atoms with E-state index in [-0.39, 0.29) is 5.91 Å². The summed E-state index contributed by atoms with van der Waals surface area (Å²) in [7, 11) is 4.71. The van der Waals surface area contributed by atoms with Crippen LogP contribution in [-0.2, 0) is 4.79 Å². The van der Waals surface area contributed by atoms with Gasteiger partial charge in [0.2, 0.25) is 11.7 Å². The first-order valence-electron chi connectivity index (χ1n) is 8.71. The lowest BCUT2D eigenvalue weighted by Gasteiger charge is -2.14. The zero-order valence-corrected chi connectivity index (χ0v) is 16.5. The van der Waals surface area contributed by atoms with Crippen molar-refractivity contribution in [2.24, 2.45) is 0 Å². The fourth-order valence-corrected chi connectivity index (χ4v) is 3.69. The Morgan fingerprint density at radius 1 is 1.04 bits per heavy atom. The quantitative estimate of drug-likeness (QED) is 0.674. The molecule has 1 aromatic carbocycles. The molecule has 1 amide bonds. The molecule has 3 rings (SSSR count). The minimum atomic E-state index is 0.160. The van der Waals surface area contributed by atoms with Gasteiger partial charge in [-0.3, -0.25) is 4.79 Å². The molecule has 0 N–H and O–H groups in total. The molecular formula is C19H23N3O4S. The van der Waals surface area contributed by atoms with E-state index in [9.17, 15) is 4.79 Å². The summed E-state index contributed by atoms with van der Waals surface area (Å²) in [6.07, 6.45) is 2.19. The van der Waals surface area contributed by atoms with Crippen molar-refractivity contribution in [2.45, 2.75) is 17.9 Å². The first-order chi connectivity index (χ1) is 13.2. The Kier molecular flexibility index (Phi) is 6.39. The molecule has 0 aliphatic carbocycles. The van der Waals surface area contributed by atoms with E-state index in [1.54, 1.807) is 21.3 Å². The van der Waals surface area contributed by atoms with Crippen LogP contribution in [0.4, 0.5) is 0 Å². The van der Waals surface area contributed by atoms with Crippen LogP contribution in [0.2, 0.25) is 0 Å². The van der Waals surface area contributed by atoms with Crippen LogP contribution in [-0.4, -0.2) is 61.2 Å². The zero-order chi connectivity index (χ0) is 19.2. The highest BCUT2D eigenvalue weighted by Gasteiger charge is 2.18. The van der Waals surface area contributed by atoms with Gasteiger partial charge < -0.3 is 19.1 Å². The van der Waals surface area contributed by atoms with Crippen molar-refractivity contribution < 1.29 is 19.0 Å². The summed E-state index contributed by atoms with van der Waals surface area (Å²) >= 11 is 1.41. The average molecular weight is 389 g/mol. The van der Waals surface area contributed by atoms with Gasteiger partial charge in [-0.15, -0.1) is 10.2 Å². The number of carbonyl (C=O) groups is 1. The molecule has 8 heteroatoms. The van der Waals surface area contributed by atoms with Crippen LogP contribution in [0.25, 0.3) is 11.3 Å². The van der Waals surface area contributed by atoms with Gasteiger partial charge in [-0.2, -0.15) is 0 Å². The average Bonchev–Trinajstić information content (AvgIpc) is 3.26. The molecule has 1 aliphatic rings. The van der Waals surface area contributed by atoms with Gasteiger partial charge >= 0.3 is 0 Å². The van der Waals surface area contributed by atoms with E-state index in [4.69, 9.17) is 14.2 Å². The molecule has 1 aliphatic heterocycles. The van der Waals surface area contributed by atoms with E-state index in [2.05, 4.69) is 10.2 Å². The standard InChI is InChI=1S/C19H23N3O4S/c1-24-15-10-13(11-16(25-2)19(15)26-3)14-6-7-17(21-20-14)27-12-18(23)22-8-4-5-9-22/h6-7,10-11H,4-5,8-9,12H2,1-3H3. The maximum absolute atomic E-state index is 12.1. The summed E-state index contributed by atoms with van der Waals surface area (Å²) in [5.41, 5.74) is 1.49. The van der Waals surface area contributed by atoms with Crippen molar-refractivity contribution in [2.75, 3.05) is 40.2 Å². The molecule has 2 aromatic rings. The molecule has 0 saturated carbocycles. The third kappa shape index (κ3) is 4.44. The number of hydrogen-bond acceptors (Lipinski definition) is 7. The molecule has 27 heavy (non-hydrogen) atoms. The van der Waals surface area contributed by atoms with E-state index in [0.29, 0.717) is 28.7 Å². The van der Waals surface area contributed by atoms with Gasteiger partial charge in [0.05, 0.1) is 32.8 Å². The highest BCUT2D eigenvalue weighted by Crippen LogP contribution is 2.40. The number of rotatable bonds is 7. The van der Waals surface area contributed by atoms with Gasteiger partial charge in [0, 0.05) is 18.7 Å². The topological polar surface area (TPSA) is 73.8 Å². The normalized spacial score (nSPS) is 13.5. The number of carbonyl (C=O) groups excluding carboxylic acids is 1. The SMILES string of the molecule is COc1cc(-c2ccc(SCC(=O)N3CCCC3)nn2)cc(OC)c1OC. The summed E-state index contributed by atoms with van der Waals surface area (Å²) in [6.45, 7) is 1.73. The molecule has 0 unspecified atom stereocenters. The molecule has 1 aromatic heterocycles. The Morgan fingerprint density at radius 2 is 1.70 bits per heavy atom. The molecule has 0 atom stereocenters. The van der Waals surface area contributed by atoms with Crippen molar-refractivity contribution in [1.82, 2.24) is 15.1 Å². The minimum Gasteiger partial charge on any atom is -0.493 e.